The number of pyridine rings is 1. The van der Waals surface area contributed by atoms with Crippen LogP contribution in [-0.2, 0) is 0 Å². The molecule has 6 nitrogen and oxygen atoms in total. The fourth-order valence-corrected chi connectivity index (χ4v) is 3.15. The standard InChI is InChI=1S/C21H29N3O3/c1-14(2)24-11-10-17(13-24)26-16-7-8-18-15(12-16)6-9-19(22-18)27-20(25)23-21(3,4)5/h6-9,12,14,17H,10-11,13H2,1-5H3,(H,23,25). The second-order valence-electron chi connectivity index (χ2n) is 8.39. The highest BCUT2D eigenvalue weighted by Crippen LogP contribution is 2.25. The van der Waals surface area contributed by atoms with E-state index in [4.69, 9.17) is 9.47 Å². The van der Waals surface area contributed by atoms with Crippen LogP contribution in [0.5, 0.6) is 11.6 Å². The average Bonchev–Trinajstić information content (AvgIpc) is 3.02. The SMILES string of the molecule is CC(C)N1CCC(Oc2ccc3nc(OC(=O)NC(C)(C)C)ccc3c2)C1. The van der Waals surface area contributed by atoms with Gasteiger partial charge in [0.2, 0.25) is 5.88 Å². The van der Waals surface area contributed by atoms with E-state index in [1.165, 1.54) is 0 Å². The van der Waals surface area contributed by atoms with Crippen LogP contribution in [0.25, 0.3) is 10.9 Å². The number of likely N-dealkylation sites (tertiary alicyclic amines) is 1. The highest BCUT2D eigenvalue weighted by atomic mass is 16.6. The first-order chi connectivity index (χ1) is 12.7. The highest BCUT2D eigenvalue weighted by molar-refractivity contribution is 5.81. The summed E-state index contributed by atoms with van der Waals surface area (Å²) in [4.78, 5) is 18.7. The van der Waals surface area contributed by atoms with Crippen molar-refractivity contribution >= 4 is 17.0 Å². The maximum atomic E-state index is 11.9. The van der Waals surface area contributed by atoms with E-state index in [1.807, 2.05) is 45.0 Å². The predicted octanol–water partition coefficient (Wildman–Crippen LogP) is 3.98. The Morgan fingerprint density at radius 1 is 1.26 bits per heavy atom. The number of benzene rings is 1. The number of aromatic nitrogens is 1. The zero-order valence-electron chi connectivity index (χ0n) is 16.8. The first kappa shape index (κ1) is 19.4. The third-order valence-electron chi connectivity index (χ3n) is 4.52. The molecule has 2 heterocycles. The summed E-state index contributed by atoms with van der Waals surface area (Å²) in [6.45, 7) is 12.2. The zero-order valence-corrected chi connectivity index (χ0v) is 16.8. The lowest BCUT2D eigenvalue weighted by Crippen LogP contribution is -2.42. The molecule has 1 aliphatic rings. The van der Waals surface area contributed by atoms with E-state index in [0.717, 1.165) is 36.2 Å². The molecule has 0 aliphatic carbocycles. The molecule has 1 amide bonds. The van der Waals surface area contributed by atoms with Crippen LogP contribution in [-0.4, -0.2) is 46.8 Å². The minimum Gasteiger partial charge on any atom is -0.489 e. The molecule has 0 spiro atoms. The fourth-order valence-electron chi connectivity index (χ4n) is 3.15. The maximum Gasteiger partial charge on any atom is 0.414 e. The quantitative estimate of drug-likeness (QED) is 0.881. The van der Waals surface area contributed by atoms with Gasteiger partial charge in [-0.2, -0.15) is 0 Å². The summed E-state index contributed by atoms with van der Waals surface area (Å²) >= 11 is 0. The number of rotatable bonds is 4. The first-order valence-electron chi connectivity index (χ1n) is 9.51. The summed E-state index contributed by atoms with van der Waals surface area (Å²) < 4.78 is 11.4. The number of carbonyl (C=O) groups is 1. The highest BCUT2D eigenvalue weighted by Gasteiger charge is 2.25. The van der Waals surface area contributed by atoms with E-state index in [2.05, 4.69) is 29.0 Å². The molecule has 1 aliphatic heterocycles. The number of hydrogen-bond acceptors (Lipinski definition) is 5. The van der Waals surface area contributed by atoms with Gasteiger partial charge >= 0.3 is 6.09 Å². The molecule has 146 valence electrons. The summed E-state index contributed by atoms with van der Waals surface area (Å²) in [6.07, 6.45) is 0.760. The van der Waals surface area contributed by atoms with Gasteiger partial charge in [-0.3, -0.25) is 4.90 Å². The fraction of sp³-hybridized carbons (Fsp3) is 0.524. The lowest BCUT2D eigenvalue weighted by atomic mass is 10.1. The van der Waals surface area contributed by atoms with Gasteiger partial charge in [-0.25, -0.2) is 9.78 Å². The van der Waals surface area contributed by atoms with Crippen LogP contribution >= 0.6 is 0 Å². The van der Waals surface area contributed by atoms with Crippen LogP contribution in [0.2, 0.25) is 0 Å². The van der Waals surface area contributed by atoms with E-state index in [-0.39, 0.29) is 17.5 Å². The number of carbonyl (C=O) groups excluding carboxylic acids is 1. The van der Waals surface area contributed by atoms with Crippen molar-refractivity contribution in [1.29, 1.82) is 0 Å². The van der Waals surface area contributed by atoms with Crippen LogP contribution in [0.15, 0.2) is 30.3 Å². The lowest BCUT2D eigenvalue weighted by molar-refractivity contribution is 0.187. The molecular formula is C21H29N3O3. The molecule has 2 aromatic rings. The Kier molecular flexibility index (Phi) is 5.56. The molecule has 1 aromatic carbocycles. The normalized spacial score (nSPS) is 18.1. The van der Waals surface area contributed by atoms with Crippen molar-refractivity contribution in [3.05, 3.63) is 30.3 Å². The predicted molar refractivity (Wildman–Crippen MR) is 106 cm³/mol. The first-order valence-corrected chi connectivity index (χ1v) is 9.51. The van der Waals surface area contributed by atoms with Crippen LogP contribution < -0.4 is 14.8 Å². The van der Waals surface area contributed by atoms with E-state index < -0.39 is 6.09 Å². The Labute approximate surface area is 160 Å². The van der Waals surface area contributed by atoms with Crippen LogP contribution in [0, 0.1) is 0 Å². The van der Waals surface area contributed by atoms with Crippen molar-refractivity contribution < 1.29 is 14.3 Å². The molecule has 0 bridgehead atoms. The zero-order chi connectivity index (χ0) is 19.6. The number of fused-ring (bicyclic) bond motifs is 1. The third-order valence-corrected chi connectivity index (χ3v) is 4.52. The molecule has 1 fully saturated rings. The minimum atomic E-state index is -0.509. The third kappa shape index (κ3) is 5.32. The molecule has 6 heteroatoms. The van der Waals surface area contributed by atoms with Crippen LogP contribution in [0.3, 0.4) is 0 Å². The Bertz CT molecular complexity index is 814. The molecule has 1 aromatic heterocycles. The van der Waals surface area contributed by atoms with Gasteiger partial charge < -0.3 is 14.8 Å². The number of ether oxygens (including phenoxy) is 2. The molecule has 1 unspecified atom stereocenters. The second-order valence-corrected chi connectivity index (χ2v) is 8.39. The van der Waals surface area contributed by atoms with Gasteiger partial charge in [-0.1, -0.05) is 0 Å². The van der Waals surface area contributed by atoms with Gasteiger partial charge in [0.15, 0.2) is 0 Å². The summed E-state index contributed by atoms with van der Waals surface area (Å²) in [5.74, 6) is 1.13. The van der Waals surface area contributed by atoms with E-state index in [9.17, 15) is 4.79 Å². The summed E-state index contributed by atoms with van der Waals surface area (Å²) in [6, 6.07) is 9.95. The monoisotopic (exact) mass is 371 g/mol. The summed E-state index contributed by atoms with van der Waals surface area (Å²) in [5, 5.41) is 3.70. The van der Waals surface area contributed by atoms with Crippen molar-refractivity contribution in [2.24, 2.45) is 0 Å². The van der Waals surface area contributed by atoms with Crippen molar-refractivity contribution in [3.8, 4) is 11.6 Å². The van der Waals surface area contributed by atoms with E-state index in [1.54, 1.807) is 6.07 Å². The van der Waals surface area contributed by atoms with Crippen molar-refractivity contribution in [1.82, 2.24) is 15.2 Å². The van der Waals surface area contributed by atoms with Crippen LogP contribution in [0.4, 0.5) is 4.79 Å². The van der Waals surface area contributed by atoms with Crippen LogP contribution in [0.1, 0.15) is 41.0 Å². The molecular weight excluding hydrogens is 342 g/mol. The molecule has 0 radical (unpaired) electrons. The summed E-state index contributed by atoms with van der Waals surface area (Å²) in [5.41, 5.74) is 0.407. The largest absolute Gasteiger partial charge is 0.489 e. The maximum absolute atomic E-state index is 11.9. The second kappa shape index (κ2) is 7.72. The van der Waals surface area contributed by atoms with Gasteiger partial charge in [0.25, 0.3) is 0 Å². The lowest BCUT2D eigenvalue weighted by Gasteiger charge is -2.20. The molecule has 1 atom stereocenters. The number of nitrogens with zero attached hydrogens (tertiary/aromatic N) is 2. The molecule has 1 saturated heterocycles. The number of nitrogens with one attached hydrogen (secondary N) is 1. The minimum absolute atomic E-state index is 0.224. The van der Waals surface area contributed by atoms with Crippen molar-refractivity contribution in [2.45, 2.75) is 58.7 Å². The van der Waals surface area contributed by atoms with Gasteiger partial charge in [0.1, 0.15) is 11.9 Å². The van der Waals surface area contributed by atoms with E-state index in [0.29, 0.717) is 6.04 Å². The molecule has 27 heavy (non-hydrogen) atoms. The molecule has 0 saturated carbocycles. The smallest absolute Gasteiger partial charge is 0.414 e. The van der Waals surface area contributed by atoms with Crippen molar-refractivity contribution in [3.63, 3.8) is 0 Å². The Morgan fingerprint density at radius 3 is 2.70 bits per heavy atom. The Balaban J connectivity index is 1.66. The number of hydrogen-bond donors (Lipinski definition) is 1. The molecule has 3 rings (SSSR count). The average molecular weight is 371 g/mol. The van der Waals surface area contributed by atoms with Gasteiger partial charge in [0, 0.05) is 36.1 Å². The van der Waals surface area contributed by atoms with Gasteiger partial charge in [-0.05, 0) is 65.3 Å². The van der Waals surface area contributed by atoms with E-state index >= 15 is 0 Å². The van der Waals surface area contributed by atoms with Crippen molar-refractivity contribution in [2.75, 3.05) is 13.1 Å². The summed E-state index contributed by atoms with van der Waals surface area (Å²) in [7, 11) is 0. The van der Waals surface area contributed by atoms with Gasteiger partial charge in [0.05, 0.1) is 5.52 Å². The molecule has 1 N–H and O–H groups in total. The Hall–Kier alpha value is -2.34. The Morgan fingerprint density at radius 2 is 2.04 bits per heavy atom. The topological polar surface area (TPSA) is 63.7 Å². The van der Waals surface area contributed by atoms with Gasteiger partial charge in [-0.15, -0.1) is 0 Å². The number of amides is 1.